The Morgan fingerprint density at radius 1 is 1.30 bits per heavy atom. The summed E-state index contributed by atoms with van der Waals surface area (Å²) in [4.78, 5) is 16.2. The van der Waals surface area contributed by atoms with Gasteiger partial charge >= 0.3 is 0 Å². The predicted octanol–water partition coefficient (Wildman–Crippen LogP) is 1.96. The summed E-state index contributed by atoms with van der Waals surface area (Å²) in [5.74, 6) is 0.143. The molecule has 1 unspecified atom stereocenters. The van der Waals surface area contributed by atoms with E-state index >= 15 is 0 Å². The van der Waals surface area contributed by atoms with Crippen molar-refractivity contribution in [2.24, 2.45) is 10.7 Å². The molecule has 0 saturated carbocycles. The molecule has 0 aromatic heterocycles. The van der Waals surface area contributed by atoms with Crippen molar-refractivity contribution in [3.63, 3.8) is 0 Å². The first-order valence-electron chi connectivity index (χ1n) is 6.86. The van der Waals surface area contributed by atoms with Gasteiger partial charge in [0.1, 0.15) is 0 Å². The quantitative estimate of drug-likeness (QED) is 0.336. The summed E-state index contributed by atoms with van der Waals surface area (Å²) < 4.78 is 0. The van der Waals surface area contributed by atoms with Gasteiger partial charge in [-0.15, -0.1) is 0 Å². The summed E-state index contributed by atoms with van der Waals surface area (Å²) in [6, 6.07) is 13.5. The number of hydrogen-bond acceptors (Lipinski definition) is 5. The Bertz CT molecular complexity index is 715. The minimum atomic E-state index is -1.03. The van der Waals surface area contributed by atoms with Gasteiger partial charge in [-0.05, 0) is 13.0 Å². The second-order valence-electron chi connectivity index (χ2n) is 4.88. The monoisotopic (exact) mass is 331 g/mol. The summed E-state index contributed by atoms with van der Waals surface area (Å²) >= 11 is 1.12. The Kier molecular flexibility index (Phi) is 5.89. The first-order valence-corrected chi connectivity index (χ1v) is 7.84. The molecule has 6 nitrogen and oxygen atoms in total. The maximum absolute atomic E-state index is 12.0. The first kappa shape index (κ1) is 17.2. The van der Waals surface area contributed by atoms with Gasteiger partial charge in [0.15, 0.2) is 16.6 Å². The van der Waals surface area contributed by atoms with E-state index in [2.05, 4.69) is 4.99 Å². The van der Waals surface area contributed by atoms with Crippen LogP contribution in [0.2, 0.25) is 0 Å². The molecule has 4 N–H and O–H groups in total. The van der Waals surface area contributed by atoms with Gasteiger partial charge in [0.05, 0.1) is 11.4 Å². The highest BCUT2D eigenvalue weighted by Crippen LogP contribution is 2.17. The molecule has 23 heavy (non-hydrogen) atoms. The van der Waals surface area contributed by atoms with Crippen LogP contribution in [0.3, 0.4) is 0 Å². The molecule has 0 saturated heterocycles. The smallest absolute Gasteiger partial charge is 0.173 e. The molecule has 0 aliphatic heterocycles. The number of aryl methyl sites for hydroxylation is 1. The van der Waals surface area contributed by atoms with E-state index in [0.29, 0.717) is 11.3 Å². The second kappa shape index (κ2) is 7.89. The first-order chi connectivity index (χ1) is 11.0. The van der Waals surface area contributed by atoms with Crippen molar-refractivity contribution in [2.75, 3.05) is 5.75 Å². The topological polar surface area (TPSA) is 103 Å². The molecule has 2 aromatic rings. The Morgan fingerprint density at radius 3 is 2.65 bits per heavy atom. The summed E-state index contributed by atoms with van der Waals surface area (Å²) in [5.41, 5.74) is 8.10. The minimum Gasteiger partial charge on any atom is -0.595 e. The standard InChI is InChI=1S/C16H17N3O3S/c1-11-5-7-12(8-6-11)15(20)10-23-16(17)18-13-3-2-4-14(9-13)19(21)22/h2-9,19,21H,10H2,1H3,(H2,17,18). The fraction of sp³-hybridized carbons (Fsp3) is 0.125. The molecular weight excluding hydrogens is 314 g/mol. The summed E-state index contributed by atoms with van der Waals surface area (Å²) in [5, 5.41) is 19.0. The van der Waals surface area contributed by atoms with Crippen LogP contribution in [-0.4, -0.2) is 21.9 Å². The van der Waals surface area contributed by atoms with Crippen LogP contribution in [-0.2, 0) is 0 Å². The third-order valence-electron chi connectivity index (χ3n) is 3.06. The van der Waals surface area contributed by atoms with Crippen molar-refractivity contribution in [1.82, 2.24) is 0 Å². The molecule has 2 aromatic carbocycles. The zero-order chi connectivity index (χ0) is 16.8. The molecule has 0 bridgehead atoms. The summed E-state index contributed by atoms with van der Waals surface area (Å²) in [6.07, 6.45) is 0. The molecule has 0 aliphatic carbocycles. The number of nitrogens with two attached hydrogens (primary N) is 1. The summed E-state index contributed by atoms with van der Waals surface area (Å²) in [6.45, 7) is 1.96. The lowest BCUT2D eigenvalue weighted by atomic mass is 10.1. The Labute approximate surface area is 138 Å². The number of carbonyl (C=O) groups is 1. The van der Waals surface area contributed by atoms with Gasteiger partial charge in [-0.1, -0.05) is 47.7 Å². The van der Waals surface area contributed by atoms with Gasteiger partial charge in [-0.25, -0.2) is 10.2 Å². The molecule has 1 atom stereocenters. The molecule has 0 amide bonds. The van der Waals surface area contributed by atoms with E-state index in [1.165, 1.54) is 12.1 Å². The fourth-order valence-electron chi connectivity index (χ4n) is 1.83. The largest absolute Gasteiger partial charge is 0.595 e. The number of amidine groups is 1. The third-order valence-corrected chi connectivity index (χ3v) is 3.85. The van der Waals surface area contributed by atoms with Crippen molar-refractivity contribution < 1.29 is 15.2 Å². The zero-order valence-electron chi connectivity index (χ0n) is 12.5. The SMILES string of the molecule is Cc1ccc(C(=O)CSC(N)=Nc2cccc([NH+]([O-])O)c2)cc1. The van der Waals surface area contributed by atoms with E-state index in [0.717, 1.165) is 17.3 Å². The maximum atomic E-state index is 12.0. The van der Waals surface area contributed by atoms with Gasteiger partial charge in [-0.2, -0.15) is 5.23 Å². The number of quaternary nitrogens is 1. The second-order valence-corrected chi connectivity index (χ2v) is 5.88. The van der Waals surface area contributed by atoms with Crippen molar-refractivity contribution in [3.8, 4) is 0 Å². The van der Waals surface area contributed by atoms with Crippen LogP contribution in [0.4, 0.5) is 11.4 Å². The van der Waals surface area contributed by atoms with E-state index in [4.69, 9.17) is 10.9 Å². The van der Waals surface area contributed by atoms with Gasteiger partial charge in [0.2, 0.25) is 0 Å². The molecule has 0 fully saturated rings. The molecule has 7 heteroatoms. The highest BCUT2D eigenvalue weighted by Gasteiger charge is 2.07. The molecule has 0 aliphatic rings. The minimum absolute atomic E-state index is 0.0348. The van der Waals surface area contributed by atoms with Gasteiger partial charge in [0.25, 0.3) is 0 Å². The molecule has 2 rings (SSSR count). The highest BCUT2D eigenvalue weighted by atomic mass is 32.2. The van der Waals surface area contributed by atoms with Crippen LogP contribution in [0.1, 0.15) is 15.9 Å². The Hall–Kier alpha value is -2.19. The van der Waals surface area contributed by atoms with Crippen LogP contribution >= 0.6 is 11.8 Å². The molecule has 0 spiro atoms. The Morgan fingerprint density at radius 2 is 2.00 bits per heavy atom. The number of carbonyl (C=O) groups excluding carboxylic acids is 1. The van der Waals surface area contributed by atoms with E-state index in [1.807, 2.05) is 19.1 Å². The van der Waals surface area contributed by atoms with Crippen LogP contribution in [0.5, 0.6) is 0 Å². The predicted molar refractivity (Wildman–Crippen MR) is 91.5 cm³/mol. The average molecular weight is 331 g/mol. The molecule has 0 heterocycles. The number of nitrogens with one attached hydrogen (secondary N) is 1. The van der Waals surface area contributed by atoms with Crippen molar-refractivity contribution >= 4 is 34.1 Å². The van der Waals surface area contributed by atoms with E-state index in [9.17, 15) is 10.0 Å². The van der Waals surface area contributed by atoms with Crippen LogP contribution in [0, 0.1) is 12.1 Å². The number of aliphatic imine (C=N–C) groups is 1. The number of Topliss-reactive ketones (excluding diaryl/α,β-unsaturated/α-hetero) is 1. The van der Waals surface area contributed by atoms with Gasteiger partial charge in [0, 0.05) is 17.7 Å². The number of hydrogen-bond donors (Lipinski definition) is 3. The average Bonchev–Trinajstić information content (AvgIpc) is 2.53. The fourth-order valence-corrected chi connectivity index (χ4v) is 2.45. The third kappa shape index (κ3) is 5.19. The van der Waals surface area contributed by atoms with Crippen LogP contribution in [0.15, 0.2) is 53.5 Å². The zero-order valence-corrected chi connectivity index (χ0v) is 13.3. The van der Waals surface area contributed by atoms with E-state index in [-0.39, 0.29) is 22.4 Å². The number of thioether (sulfide) groups is 1. The highest BCUT2D eigenvalue weighted by molar-refractivity contribution is 8.14. The van der Waals surface area contributed by atoms with Crippen LogP contribution in [0.25, 0.3) is 0 Å². The lowest BCUT2D eigenvalue weighted by molar-refractivity contribution is -0.991. The Balaban J connectivity index is 1.98. The molecule has 0 radical (unpaired) electrons. The van der Waals surface area contributed by atoms with Gasteiger partial charge < -0.3 is 10.9 Å². The van der Waals surface area contributed by atoms with Crippen LogP contribution < -0.4 is 11.0 Å². The van der Waals surface area contributed by atoms with Gasteiger partial charge in [-0.3, -0.25) is 4.79 Å². The van der Waals surface area contributed by atoms with Crippen molar-refractivity contribution in [1.29, 1.82) is 0 Å². The number of ketones is 1. The number of nitrogens with zero attached hydrogens (tertiary/aromatic N) is 1. The lowest BCUT2D eigenvalue weighted by Gasteiger charge is -2.11. The van der Waals surface area contributed by atoms with E-state index in [1.54, 1.807) is 24.3 Å². The summed E-state index contributed by atoms with van der Waals surface area (Å²) in [7, 11) is 0. The number of rotatable bonds is 5. The number of benzene rings is 2. The molecule has 120 valence electrons. The van der Waals surface area contributed by atoms with E-state index < -0.39 is 5.23 Å². The lowest BCUT2D eigenvalue weighted by Crippen LogP contribution is -2.99. The molecular formula is C16H17N3O3S. The normalized spacial score (nSPS) is 12.9. The maximum Gasteiger partial charge on any atom is 0.173 e. The van der Waals surface area contributed by atoms with Crippen molar-refractivity contribution in [2.45, 2.75) is 6.92 Å². The van der Waals surface area contributed by atoms with Crippen molar-refractivity contribution in [3.05, 3.63) is 64.9 Å².